The Morgan fingerprint density at radius 1 is 0.947 bits per heavy atom. The first-order valence-electron chi connectivity index (χ1n) is 7.14. The highest BCUT2D eigenvalue weighted by Crippen LogP contribution is 2.37. The third kappa shape index (κ3) is 4.38. The summed E-state index contributed by atoms with van der Waals surface area (Å²) >= 11 is 0. The maximum absolute atomic E-state index is 3.85. The summed E-state index contributed by atoms with van der Waals surface area (Å²) in [5.41, 5.74) is 2.90. The van der Waals surface area contributed by atoms with Crippen molar-refractivity contribution in [3.63, 3.8) is 0 Å². The van der Waals surface area contributed by atoms with Gasteiger partial charge in [-0.05, 0) is 61.5 Å². The Bertz CT molecular complexity index is 377. The number of allylic oxidation sites excluding steroid dienone is 2. The highest BCUT2D eigenvalue weighted by Gasteiger charge is 2.21. The second-order valence-corrected chi connectivity index (χ2v) is 5.48. The van der Waals surface area contributed by atoms with E-state index in [0.717, 1.165) is 18.3 Å². The van der Waals surface area contributed by atoms with E-state index in [1.165, 1.54) is 43.2 Å². The lowest BCUT2D eigenvalue weighted by atomic mass is 9.77. The molecule has 0 nitrogen and oxygen atoms in total. The number of hydrogen-bond acceptors (Lipinski definition) is 0. The fourth-order valence-electron chi connectivity index (χ4n) is 3.06. The highest BCUT2D eigenvalue weighted by atomic mass is 14.3. The smallest absolute Gasteiger partial charge is 0.0100 e. The molecule has 0 amide bonds. The van der Waals surface area contributed by atoms with E-state index in [1.807, 2.05) is 6.08 Å². The molecule has 19 heavy (non-hydrogen) atoms. The lowest BCUT2D eigenvalue weighted by Gasteiger charge is -2.28. The van der Waals surface area contributed by atoms with Gasteiger partial charge in [-0.1, -0.05) is 43.8 Å². The maximum atomic E-state index is 3.85. The van der Waals surface area contributed by atoms with Crippen LogP contribution in [-0.4, -0.2) is 0 Å². The summed E-state index contributed by atoms with van der Waals surface area (Å²) in [7, 11) is 0. The molecule has 0 aromatic heterocycles. The zero-order chi connectivity index (χ0) is 12.8. The van der Waals surface area contributed by atoms with Crippen LogP contribution in [0.25, 0.3) is 0 Å². The van der Waals surface area contributed by atoms with Crippen LogP contribution in [0.5, 0.6) is 0 Å². The van der Waals surface area contributed by atoms with Gasteiger partial charge in [-0.2, -0.15) is 0 Å². The molecule has 1 aliphatic rings. The van der Waals surface area contributed by atoms with E-state index < -0.39 is 0 Å². The minimum atomic E-state index is 0. The Morgan fingerprint density at radius 2 is 1.58 bits per heavy atom. The summed E-state index contributed by atoms with van der Waals surface area (Å²) in [4.78, 5) is 0. The van der Waals surface area contributed by atoms with E-state index in [1.54, 1.807) is 0 Å². The summed E-state index contributed by atoms with van der Waals surface area (Å²) in [5.74, 6) is 1.67. The second kappa shape index (κ2) is 7.99. The minimum absolute atomic E-state index is 0. The molecule has 2 rings (SSSR count). The number of hydrogen-bond donors (Lipinski definition) is 0. The molecule has 0 heteroatoms. The average Bonchev–Trinajstić information content (AvgIpc) is 2.41. The van der Waals surface area contributed by atoms with Crippen LogP contribution in [0.2, 0.25) is 0 Å². The van der Waals surface area contributed by atoms with Crippen LogP contribution in [0.3, 0.4) is 0 Å². The van der Waals surface area contributed by atoms with Gasteiger partial charge in [0.25, 0.3) is 0 Å². The highest BCUT2D eigenvalue weighted by molar-refractivity contribution is 5.26. The zero-order valence-electron chi connectivity index (χ0n) is 11.3. The quantitative estimate of drug-likeness (QED) is 0.575. The topological polar surface area (TPSA) is 0 Å². The van der Waals surface area contributed by atoms with Crippen molar-refractivity contribution in [2.45, 2.75) is 51.9 Å². The fraction of sp³-hybridized carbons (Fsp3) is 0.474. The molecule has 104 valence electrons. The van der Waals surface area contributed by atoms with Crippen molar-refractivity contribution in [3.8, 4) is 0 Å². The molecule has 0 N–H and O–H groups in total. The molecule has 0 radical (unpaired) electrons. The number of rotatable bonds is 5. The first kappa shape index (κ1) is 15.8. The minimum Gasteiger partial charge on any atom is -0.103 e. The monoisotopic (exact) mass is 256 g/mol. The second-order valence-electron chi connectivity index (χ2n) is 5.48. The fourth-order valence-corrected chi connectivity index (χ4v) is 3.06. The third-order valence-electron chi connectivity index (χ3n) is 4.18. The van der Waals surface area contributed by atoms with Gasteiger partial charge in [-0.25, -0.2) is 0 Å². The molecule has 0 unspecified atom stereocenters. The summed E-state index contributed by atoms with van der Waals surface area (Å²) < 4.78 is 0. The molecule has 1 aromatic rings. The normalized spacial score (nSPS) is 22.3. The molecular formula is C19H28. The molecular weight excluding hydrogens is 228 g/mol. The summed E-state index contributed by atoms with van der Waals surface area (Å²) in [6, 6.07) is 9.15. The predicted octanol–water partition coefficient (Wildman–Crippen LogP) is 5.90. The Hall–Kier alpha value is -1.30. The lowest BCUT2D eigenvalue weighted by Crippen LogP contribution is -2.12. The molecule has 0 aliphatic heterocycles. The van der Waals surface area contributed by atoms with E-state index in [2.05, 4.69) is 43.5 Å². The summed E-state index contributed by atoms with van der Waals surface area (Å²) in [5, 5.41) is 0. The van der Waals surface area contributed by atoms with Gasteiger partial charge >= 0.3 is 0 Å². The van der Waals surface area contributed by atoms with Gasteiger partial charge in [0, 0.05) is 0 Å². The Labute approximate surface area is 119 Å². The summed E-state index contributed by atoms with van der Waals surface area (Å²) in [6.07, 6.45) is 11.6. The van der Waals surface area contributed by atoms with Crippen LogP contribution in [0, 0.1) is 5.92 Å². The number of benzene rings is 1. The van der Waals surface area contributed by atoms with Gasteiger partial charge in [-0.15, -0.1) is 13.2 Å². The maximum Gasteiger partial charge on any atom is -0.0100 e. The molecule has 0 spiro atoms. The first-order valence-corrected chi connectivity index (χ1v) is 7.14. The molecule has 0 atom stereocenters. The summed E-state index contributed by atoms with van der Waals surface area (Å²) in [6.45, 7) is 7.64. The van der Waals surface area contributed by atoms with Gasteiger partial charge in [0.1, 0.15) is 0 Å². The van der Waals surface area contributed by atoms with Gasteiger partial charge in [0.05, 0.1) is 0 Å². The average molecular weight is 256 g/mol. The molecule has 1 saturated carbocycles. The van der Waals surface area contributed by atoms with Crippen molar-refractivity contribution in [1.82, 2.24) is 0 Å². The van der Waals surface area contributed by atoms with Crippen LogP contribution in [0.4, 0.5) is 0 Å². The molecule has 1 aliphatic carbocycles. The van der Waals surface area contributed by atoms with Crippen LogP contribution in [0.1, 0.15) is 56.6 Å². The zero-order valence-corrected chi connectivity index (χ0v) is 11.3. The van der Waals surface area contributed by atoms with Crippen molar-refractivity contribution in [2.24, 2.45) is 5.92 Å². The third-order valence-corrected chi connectivity index (χ3v) is 4.18. The Balaban J connectivity index is 0.00000180. The molecule has 0 bridgehead atoms. The van der Waals surface area contributed by atoms with Crippen molar-refractivity contribution in [1.29, 1.82) is 0 Å². The van der Waals surface area contributed by atoms with E-state index >= 15 is 0 Å². The van der Waals surface area contributed by atoms with E-state index in [4.69, 9.17) is 0 Å². The van der Waals surface area contributed by atoms with Crippen molar-refractivity contribution in [3.05, 3.63) is 60.7 Å². The largest absolute Gasteiger partial charge is 0.103 e. The van der Waals surface area contributed by atoms with E-state index in [-0.39, 0.29) is 7.43 Å². The Morgan fingerprint density at radius 3 is 2.11 bits per heavy atom. The Kier molecular flexibility index (Phi) is 6.62. The standard InChI is InChI=1S/C18H24.CH4/c1-3-5-15-7-11-17(12-8-15)18-13-9-16(6-4-2)10-14-18;/h3-4,7-8,11-12,16,18H,1-2,5-6,9-10,13-14H2;1H4. The molecule has 1 fully saturated rings. The van der Waals surface area contributed by atoms with Gasteiger partial charge in [0.15, 0.2) is 0 Å². The van der Waals surface area contributed by atoms with E-state index in [9.17, 15) is 0 Å². The van der Waals surface area contributed by atoms with Crippen LogP contribution in [-0.2, 0) is 6.42 Å². The van der Waals surface area contributed by atoms with Crippen LogP contribution < -0.4 is 0 Å². The van der Waals surface area contributed by atoms with Crippen molar-refractivity contribution in [2.75, 3.05) is 0 Å². The molecule has 0 saturated heterocycles. The van der Waals surface area contributed by atoms with Crippen LogP contribution >= 0.6 is 0 Å². The molecule has 1 aromatic carbocycles. The van der Waals surface area contributed by atoms with Crippen molar-refractivity contribution >= 4 is 0 Å². The van der Waals surface area contributed by atoms with Gasteiger partial charge in [0.2, 0.25) is 0 Å². The van der Waals surface area contributed by atoms with Gasteiger partial charge < -0.3 is 0 Å². The first-order chi connectivity index (χ1) is 8.83. The van der Waals surface area contributed by atoms with E-state index in [0.29, 0.717) is 0 Å². The van der Waals surface area contributed by atoms with Gasteiger partial charge in [-0.3, -0.25) is 0 Å². The molecule has 0 heterocycles. The predicted molar refractivity (Wildman–Crippen MR) is 86.6 cm³/mol. The van der Waals surface area contributed by atoms with Crippen molar-refractivity contribution < 1.29 is 0 Å². The lowest BCUT2D eigenvalue weighted by molar-refractivity contribution is 0.328. The van der Waals surface area contributed by atoms with Crippen LogP contribution in [0.15, 0.2) is 49.6 Å². The SMILES string of the molecule is C.C=CCc1ccc(C2CCC(CC=C)CC2)cc1.